The van der Waals surface area contributed by atoms with Crippen LogP contribution in [0.4, 0.5) is 0 Å². The van der Waals surface area contributed by atoms with E-state index in [4.69, 9.17) is 14.5 Å². The molecule has 3 nitrogen and oxygen atoms in total. The molecule has 0 aliphatic carbocycles. The van der Waals surface area contributed by atoms with Gasteiger partial charge in [-0.3, -0.25) is 0 Å². The summed E-state index contributed by atoms with van der Waals surface area (Å²) in [5.74, 6) is 1.42. The largest absolute Gasteiger partial charge is 0.493 e. The van der Waals surface area contributed by atoms with Crippen molar-refractivity contribution in [1.29, 1.82) is 0 Å². The average molecular weight is 279 g/mol. The molecule has 3 heteroatoms. The molecule has 0 saturated heterocycles. The van der Waals surface area contributed by atoms with Gasteiger partial charge in [-0.25, -0.2) is 4.98 Å². The number of fused-ring (bicyclic) bond motifs is 1. The lowest BCUT2D eigenvalue weighted by molar-refractivity contribution is 0.356. The second kappa shape index (κ2) is 5.44. The average Bonchev–Trinajstić information content (AvgIpc) is 2.53. The van der Waals surface area contributed by atoms with Crippen molar-refractivity contribution in [2.75, 3.05) is 14.2 Å². The second-order valence-electron chi connectivity index (χ2n) is 4.92. The number of aromatic nitrogens is 1. The molecule has 0 saturated carbocycles. The van der Waals surface area contributed by atoms with E-state index < -0.39 is 0 Å². The third-order valence-electron chi connectivity index (χ3n) is 3.56. The van der Waals surface area contributed by atoms with Crippen LogP contribution in [0, 0.1) is 6.92 Å². The molecule has 0 bridgehead atoms. The maximum atomic E-state index is 5.36. The molecule has 0 radical (unpaired) electrons. The number of rotatable bonds is 3. The van der Waals surface area contributed by atoms with Crippen molar-refractivity contribution in [2.24, 2.45) is 0 Å². The van der Waals surface area contributed by atoms with Gasteiger partial charge in [0.2, 0.25) is 0 Å². The van der Waals surface area contributed by atoms with Crippen LogP contribution in [0.15, 0.2) is 48.5 Å². The Bertz CT molecular complexity index is 782. The molecule has 1 heterocycles. The van der Waals surface area contributed by atoms with Crippen molar-refractivity contribution in [3.05, 3.63) is 54.1 Å². The fourth-order valence-corrected chi connectivity index (χ4v) is 2.49. The third-order valence-corrected chi connectivity index (χ3v) is 3.56. The summed E-state index contributed by atoms with van der Waals surface area (Å²) in [5, 5.41) is 1.05. The van der Waals surface area contributed by atoms with E-state index in [2.05, 4.69) is 25.1 Å². The molecule has 3 rings (SSSR count). The molecule has 106 valence electrons. The minimum Gasteiger partial charge on any atom is -0.493 e. The van der Waals surface area contributed by atoms with Gasteiger partial charge >= 0.3 is 0 Å². The quantitative estimate of drug-likeness (QED) is 0.719. The zero-order valence-corrected chi connectivity index (χ0v) is 12.4. The first-order valence-corrected chi connectivity index (χ1v) is 6.81. The van der Waals surface area contributed by atoms with Crippen LogP contribution in [0.3, 0.4) is 0 Å². The summed E-state index contributed by atoms with van der Waals surface area (Å²) in [7, 11) is 3.28. The van der Waals surface area contributed by atoms with E-state index in [9.17, 15) is 0 Å². The summed E-state index contributed by atoms with van der Waals surface area (Å²) in [6.45, 7) is 2.07. The lowest BCUT2D eigenvalue weighted by atomic mass is 10.0. The van der Waals surface area contributed by atoms with Crippen LogP contribution in [0.25, 0.3) is 22.2 Å². The lowest BCUT2D eigenvalue weighted by Gasteiger charge is -2.11. The highest BCUT2D eigenvalue weighted by Gasteiger charge is 2.10. The molecule has 0 N–H and O–H groups in total. The van der Waals surface area contributed by atoms with Gasteiger partial charge in [0.15, 0.2) is 11.5 Å². The highest BCUT2D eigenvalue weighted by atomic mass is 16.5. The molecule has 21 heavy (non-hydrogen) atoms. The van der Waals surface area contributed by atoms with Crippen molar-refractivity contribution in [3.63, 3.8) is 0 Å². The summed E-state index contributed by atoms with van der Waals surface area (Å²) >= 11 is 0. The van der Waals surface area contributed by atoms with E-state index >= 15 is 0 Å². The number of hydrogen-bond acceptors (Lipinski definition) is 3. The first-order valence-electron chi connectivity index (χ1n) is 6.81. The highest BCUT2D eigenvalue weighted by Crippen LogP contribution is 2.33. The summed E-state index contributed by atoms with van der Waals surface area (Å²) in [5.41, 5.74) is 4.15. The first kappa shape index (κ1) is 13.4. The van der Waals surface area contributed by atoms with Crippen LogP contribution in [0.2, 0.25) is 0 Å². The number of pyridine rings is 1. The maximum absolute atomic E-state index is 5.36. The second-order valence-corrected chi connectivity index (χ2v) is 4.92. The van der Waals surface area contributed by atoms with E-state index in [0.29, 0.717) is 5.75 Å². The Hall–Kier alpha value is -2.55. The number of hydrogen-bond donors (Lipinski definition) is 0. The molecule has 2 aromatic carbocycles. The molecule has 0 aliphatic heterocycles. The Morgan fingerprint density at radius 3 is 2.19 bits per heavy atom. The van der Waals surface area contributed by atoms with Crippen molar-refractivity contribution < 1.29 is 9.47 Å². The lowest BCUT2D eigenvalue weighted by Crippen LogP contribution is -1.94. The van der Waals surface area contributed by atoms with E-state index in [-0.39, 0.29) is 0 Å². The number of aryl methyl sites for hydroxylation is 1. The predicted molar refractivity (Wildman–Crippen MR) is 85.0 cm³/mol. The Labute approximate surface area is 124 Å². The molecule has 1 aromatic heterocycles. The van der Waals surface area contributed by atoms with Crippen molar-refractivity contribution >= 4 is 10.9 Å². The Morgan fingerprint density at radius 1 is 0.857 bits per heavy atom. The van der Waals surface area contributed by atoms with E-state index in [1.165, 1.54) is 0 Å². The Balaban J connectivity index is 2.23. The van der Waals surface area contributed by atoms with E-state index in [1.54, 1.807) is 14.2 Å². The number of nitrogens with zero attached hydrogens (tertiary/aromatic N) is 1. The molecule has 0 fully saturated rings. The van der Waals surface area contributed by atoms with Gasteiger partial charge in [-0.2, -0.15) is 0 Å². The predicted octanol–water partition coefficient (Wildman–Crippen LogP) is 4.23. The van der Waals surface area contributed by atoms with Crippen molar-refractivity contribution in [1.82, 2.24) is 4.98 Å². The van der Waals surface area contributed by atoms with Crippen LogP contribution < -0.4 is 9.47 Å². The van der Waals surface area contributed by atoms with Gasteiger partial charge in [-0.15, -0.1) is 0 Å². The van der Waals surface area contributed by atoms with Crippen LogP contribution in [0.5, 0.6) is 11.5 Å². The molecular weight excluding hydrogens is 262 g/mol. The number of benzene rings is 2. The summed E-state index contributed by atoms with van der Waals surface area (Å²) in [6.07, 6.45) is 0. The standard InChI is InChI=1S/C18H17NO2/c1-12-9-14-10-16(20-2)17(21-3)11-15(14)19-18(12)13-7-5-4-6-8-13/h4-11H,1-3H3. The van der Waals surface area contributed by atoms with Gasteiger partial charge < -0.3 is 9.47 Å². The van der Waals surface area contributed by atoms with Crippen LogP contribution in [0.1, 0.15) is 5.56 Å². The molecule has 0 aliphatic rings. The van der Waals surface area contributed by atoms with E-state index in [0.717, 1.165) is 33.5 Å². The van der Waals surface area contributed by atoms with Crippen LogP contribution >= 0.6 is 0 Å². The minimum atomic E-state index is 0.695. The number of ether oxygens (including phenoxy) is 2. The summed E-state index contributed by atoms with van der Waals surface area (Å²) in [4.78, 5) is 4.79. The topological polar surface area (TPSA) is 31.4 Å². The smallest absolute Gasteiger partial charge is 0.162 e. The van der Waals surface area contributed by atoms with Gasteiger partial charge in [0.05, 0.1) is 25.4 Å². The normalized spacial score (nSPS) is 10.6. The van der Waals surface area contributed by atoms with Gasteiger partial charge in [0.1, 0.15) is 0 Å². The maximum Gasteiger partial charge on any atom is 0.162 e. The monoisotopic (exact) mass is 279 g/mol. The minimum absolute atomic E-state index is 0.695. The highest BCUT2D eigenvalue weighted by molar-refractivity contribution is 5.86. The van der Waals surface area contributed by atoms with E-state index in [1.807, 2.05) is 30.3 Å². The molecule has 0 amide bonds. The van der Waals surface area contributed by atoms with Crippen molar-refractivity contribution in [3.8, 4) is 22.8 Å². The Morgan fingerprint density at radius 2 is 1.52 bits per heavy atom. The third kappa shape index (κ3) is 2.42. The molecular formula is C18H17NO2. The summed E-state index contributed by atoms with van der Waals surface area (Å²) in [6, 6.07) is 16.2. The fraction of sp³-hybridized carbons (Fsp3) is 0.167. The van der Waals surface area contributed by atoms with Gasteiger partial charge in [0.25, 0.3) is 0 Å². The van der Waals surface area contributed by atoms with Crippen molar-refractivity contribution in [2.45, 2.75) is 6.92 Å². The zero-order chi connectivity index (χ0) is 14.8. The van der Waals surface area contributed by atoms with Gasteiger partial charge in [-0.05, 0) is 24.6 Å². The molecule has 0 atom stereocenters. The summed E-state index contributed by atoms with van der Waals surface area (Å²) < 4.78 is 10.7. The molecule has 3 aromatic rings. The molecule has 0 spiro atoms. The van der Waals surface area contributed by atoms with Crippen LogP contribution in [-0.4, -0.2) is 19.2 Å². The fourth-order valence-electron chi connectivity index (χ4n) is 2.49. The first-order chi connectivity index (χ1) is 10.2. The SMILES string of the molecule is COc1cc2cc(C)c(-c3ccccc3)nc2cc1OC. The van der Waals surface area contributed by atoms with Gasteiger partial charge in [0, 0.05) is 17.0 Å². The van der Waals surface area contributed by atoms with Gasteiger partial charge in [-0.1, -0.05) is 30.3 Å². The molecule has 0 unspecified atom stereocenters. The van der Waals surface area contributed by atoms with Crippen LogP contribution in [-0.2, 0) is 0 Å². The Kier molecular flexibility index (Phi) is 3.48. The zero-order valence-electron chi connectivity index (χ0n) is 12.4. The number of methoxy groups -OCH3 is 2.